The van der Waals surface area contributed by atoms with Crippen molar-refractivity contribution in [3.63, 3.8) is 0 Å². The number of fused-ring (bicyclic) bond motifs is 13. The number of rotatable bonds is 5. The van der Waals surface area contributed by atoms with E-state index in [0.29, 0.717) is 17.5 Å². The Hall–Kier alpha value is -9.39. The van der Waals surface area contributed by atoms with E-state index in [1.54, 1.807) is 0 Å². The smallest absolute Gasteiger partial charge is 0.164 e. The van der Waals surface area contributed by atoms with Crippen molar-refractivity contribution in [2.45, 2.75) is 0 Å². The van der Waals surface area contributed by atoms with Gasteiger partial charge in [0.1, 0.15) is 5.58 Å². The average molecular weight is 880 g/mol. The second-order valence-electron chi connectivity index (χ2n) is 17.9. The van der Waals surface area contributed by atoms with Gasteiger partial charge in [0.15, 0.2) is 23.1 Å². The molecule has 0 radical (unpaired) electrons. The van der Waals surface area contributed by atoms with Crippen LogP contribution in [-0.2, 0) is 0 Å². The fourth-order valence-electron chi connectivity index (χ4n) is 11.1. The summed E-state index contributed by atoms with van der Waals surface area (Å²) in [6.45, 7) is 0. The summed E-state index contributed by atoms with van der Waals surface area (Å²) >= 11 is 0. The number of furan rings is 1. The highest BCUT2D eigenvalue weighted by Gasteiger charge is 2.24. The van der Waals surface area contributed by atoms with Crippen LogP contribution in [0.2, 0.25) is 0 Å². The van der Waals surface area contributed by atoms with Crippen molar-refractivity contribution in [3.8, 4) is 45.5 Å². The van der Waals surface area contributed by atoms with Crippen molar-refractivity contribution in [2.24, 2.45) is 0 Å². The topological polar surface area (TPSA) is 61.7 Å². The SMILES string of the molecule is c1ccc(-n2c3ccccc3c3c(-c4nc(-c5cc(-n6c7cc8ccccc8cc7c7c8ccccc8ccc76)c6oc7ccccc7c6c5)nc(-c5cccc6ccccc56)n4)cccc32)cc1. The molecule has 0 N–H and O–H groups in total. The van der Waals surface area contributed by atoms with E-state index >= 15 is 0 Å². The van der Waals surface area contributed by atoms with Gasteiger partial charge in [-0.05, 0) is 93.0 Å². The van der Waals surface area contributed by atoms with E-state index in [1.807, 2.05) is 6.07 Å². The Morgan fingerprint density at radius 2 is 0.913 bits per heavy atom. The van der Waals surface area contributed by atoms with E-state index in [1.165, 1.54) is 32.3 Å². The van der Waals surface area contributed by atoms with Crippen molar-refractivity contribution >= 4 is 97.9 Å². The molecule has 11 aromatic carbocycles. The third-order valence-corrected chi connectivity index (χ3v) is 14.1. The molecule has 15 rings (SSSR count). The summed E-state index contributed by atoms with van der Waals surface area (Å²) in [6.07, 6.45) is 0. The summed E-state index contributed by atoms with van der Waals surface area (Å²) in [7, 11) is 0. The number of aromatic nitrogens is 5. The summed E-state index contributed by atoms with van der Waals surface area (Å²) in [5.41, 5.74) is 10.7. The van der Waals surface area contributed by atoms with E-state index in [-0.39, 0.29) is 0 Å². The van der Waals surface area contributed by atoms with E-state index in [4.69, 9.17) is 19.4 Å². The van der Waals surface area contributed by atoms with Crippen LogP contribution in [0.15, 0.2) is 229 Å². The van der Waals surface area contributed by atoms with Gasteiger partial charge in [0.2, 0.25) is 0 Å². The van der Waals surface area contributed by atoms with Crippen LogP contribution in [0, 0.1) is 0 Å². The minimum absolute atomic E-state index is 0.567. The zero-order chi connectivity index (χ0) is 45.2. The molecule has 4 heterocycles. The standard InChI is InChI=1S/C63H37N5O/c1-2-21-43(22-3-1)67-52-29-12-10-26-48(52)59-49(28-15-30-53(59)67)63-65-61(64-62(66-63)47-27-14-20-38-16-6-8-23-44(38)47)42-35-50-46-25-11-13-31-57(46)69-60(50)56(37-42)68-54-33-32-39-17-7-9-24-45(39)58(54)51-34-40-18-4-5-19-41(40)36-55(51)68/h1-37H. The fourth-order valence-corrected chi connectivity index (χ4v) is 11.1. The van der Waals surface area contributed by atoms with Gasteiger partial charge >= 0.3 is 0 Å². The zero-order valence-electron chi connectivity index (χ0n) is 37.0. The first-order valence-corrected chi connectivity index (χ1v) is 23.3. The lowest BCUT2D eigenvalue weighted by atomic mass is 10.0. The predicted molar refractivity (Wildman–Crippen MR) is 285 cm³/mol. The van der Waals surface area contributed by atoms with Crippen LogP contribution in [0.4, 0.5) is 0 Å². The second-order valence-corrected chi connectivity index (χ2v) is 17.9. The van der Waals surface area contributed by atoms with Gasteiger partial charge in [0, 0.05) is 54.7 Å². The highest BCUT2D eigenvalue weighted by Crippen LogP contribution is 2.44. The second kappa shape index (κ2) is 14.6. The van der Waals surface area contributed by atoms with Crippen LogP contribution in [-0.4, -0.2) is 24.1 Å². The lowest BCUT2D eigenvalue weighted by Crippen LogP contribution is -2.02. The maximum atomic E-state index is 6.96. The van der Waals surface area contributed by atoms with E-state index in [0.717, 1.165) is 93.6 Å². The molecule has 320 valence electrons. The Morgan fingerprint density at radius 1 is 0.319 bits per heavy atom. The Balaban J connectivity index is 1.06. The van der Waals surface area contributed by atoms with Gasteiger partial charge < -0.3 is 13.6 Å². The van der Waals surface area contributed by atoms with Crippen LogP contribution in [0.1, 0.15) is 0 Å². The van der Waals surface area contributed by atoms with Gasteiger partial charge in [-0.2, -0.15) is 0 Å². The molecule has 0 aliphatic rings. The molecule has 0 unspecified atom stereocenters. The molecule has 4 aromatic heterocycles. The van der Waals surface area contributed by atoms with Crippen LogP contribution in [0.25, 0.3) is 143 Å². The van der Waals surface area contributed by atoms with E-state index < -0.39 is 0 Å². The summed E-state index contributed by atoms with van der Waals surface area (Å²) in [5, 5.41) is 13.5. The predicted octanol–water partition coefficient (Wildman–Crippen LogP) is 16.4. The summed E-state index contributed by atoms with van der Waals surface area (Å²) in [4.78, 5) is 16.5. The quantitative estimate of drug-likeness (QED) is 0.173. The minimum Gasteiger partial charge on any atom is -0.454 e. The van der Waals surface area contributed by atoms with E-state index in [9.17, 15) is 0 Å². The maximum Gasteiger partial charge on any atom is 0.164 e. The summed E-state index contributed by atoms with van der Waals surface area (Å²) < 4.78 is 11.7. The first kappa shape index (κ1) is 37.8. The Kier molecular flexibility index (Phi) is 7.97. The molecule has 0 saturated heterocycles. The molecule has 0 atom stereocenters. The molecule has 0 bridgehead atoms. The normalized spacial score (nSPS) is 12.1. The van der Waals surface area contributed by atoms with Gasteiger partial charge in [-0.25, -0.2) is 15.0 Å². The van der Waals surface area contributed by atoms with Gasteiger partial charge in [0.25, 0.3) is 0 Å². The van der Waals surface area contributed by atoms with Crippen molar-refractivity contribution in [2.75, 3.05) is 0 Å². The number of nitrogens with zero attached hydrogens (tertiary/aromatic N) is 5. The monoisotopic (exact) mass is 879 g/mol. The van der Waals surface area contributed by atoms with Crippen LogP contribution in [0.3, 0.4) is 0 Å². The maximum absolute atomic E-state index is 6.96. The van der Waals surface area contributed by atoms with Crippen LogP contribution >= 0.6 is 0 Å². The highest BCUT2D eigenvalue weighted by molar-refractivity contribution is 6.24. The van der Waals surface area contributed by atoms with Crippen molar-refractivity contribution in [1.82, 2.24) is 24.1 Å². The van der Waals surface area contributed by atoms with Crippen LogP contribution in [0.5, 0.6) is 0 Å². The number of hydrogen-bond donors (Lipinski definition) is 0. The highest BCUT2D eigenvalue weighted by atomic mass is 16.3. The van der Waals surface area contributed by atoms with Crippen molar-refractivity contribution < 1.29 is 4.42 Å². The van der Waals surface area contributed by atoms with Crippen molar-refractivity contribution in [3.05, 3.63) is 224 Å². The molecule has 0 saturated carbocycles. The Morgan fingerprint density at radius 3 is 1.75 bits per heavy atom. The molecule has 6 heteroatoms. The molecular weight excluding hydrogens is 843 g/mol. The Labute approximate surface area is 394 Å². The largest absolute Gasteiger partial charge is 0.454 e. The molecule has 69 heavy (non-hydrogen) atoms. The summed E-state index contributed by atoms with van der Waals surface area (Å²) in [5.74, 6) is 1.76. The fraction of sp³-hybridized carbons (Fsp3) is 0. The average Bonchev–Trinajstić information content (AvgIpc) is 4.07. The third-order valence-electron chi connectivity index (χ3n) is 14.1. The zero-order valence-corrected chi connectivity index (χ0v) is 37.0. The molecular formula is C63H37N5O. The van der Waals surface area contributed by atoms with E-state index in [2.05, 4.69) is 228 Å². The molecule has 0 aliphatic carbocycles. The van der Waals surface area contributed by atoms with Crippen molar-refractivity contribution in [1.29, 1.82) is 0 Å². The lowest BCUT2D eigenvalue weighted by molar-refractivity contribution is 0.666. The number of hydrogen-bond acceptors (Lipinski definition) is 4. The number of benzene rings is 11. The van der Waals surface area contributed by atoms with Gasteiger partial charge in [-0.1, -0.05) is 164 Å². The van der Waals surface area contributed by atoms with Crippen LogP contribution < -0.4 is 0 Å². The molecule has 0 spiro atoms. The first-order valence-electron chi connectivity index (χ1n) is 23.3. The molecule has 0 amide bonds. The Bertz CT molecular complexity index is 4610. The van der Waals surface area contributed by atoms with Gasteiger partial charge in [-0.15, -0.1) is 0 Å². The molecule has 15 aromatic rings. The lowest BCUT2D eigenvalue weighted by Gasteiger charge is -2.14. The van der Waals surface area contributed by atoms with Gasteiger partial charge in [0.05, 0.1) is 27.8 Å². The van der Waals surface area contributed by atoms with Gasteiger partial charge in [-0.3, -0.25) is 0 Å². The number of para-hydroxylation sites is 3. The minimum atomic E-state index is 0.567. The third kappa shape index (κ3) is 5.63. The molecule has 6 nitrogen and oxygen atoms in total. The molecule has 0 aliphatic heterocycles. The summed E-state index contributed by atoms with van der Waals surface area (Å²) in [6, 6.07) is 79.7. The first-order chi connectivity index (χ1) is 34.2. The molecule has 0 fully saturated rings.